The predicted octanol–water partition coefficient (Wildman–Crippen LogP) is 2.06. The minimum Gasteiger partial charge on any atom is -0.474 e. The van der Waals surface area contributed by atoms with Gasteiger partial charge in [-0.2, -0.15) is 9.97 Å². The Hall–Kier alpha value is -1.52. The topological polar surface area (TPSA) is 73.1 Å². The summed E-state index contributed by atoms with van der Waals surface area (Å²) in [5, 5.41) is 2.95. The highest BCUT2D eigenvalue weighted by Gasteiger charge is 2.23. The van der Waals surface area contributed by atoms with Crippen LogP contribution in [-0.4, -0.2) is 23.1 Å². The molecule has 0 aliphatic heterocycles. The largest absolute Gasteiger partial charge is 0.474 e. The molecule has 0 spiro atoms. The zero-order chi connectivity index (χ0) is 12.3. The molecule has 5 nitrogen and oxygen atoms in total. The fourth-order valence-electron chi connectivity index (χ4n) is 2.24. The lowest BCUT2D eigenvalue weighted by Gasteiger charge is -2.28. The van der Waals surface area contributed by atoms with Crippen LogP contribution in [0.25, 0.3) is 0 Å². The van der Waals surface area contributed by atoms with Crippen molar-refractivity contribution >= 4 is 11.8 Å². The van der Waals surface area contributed by atoms with Crippen molar-refractivity contribution in [2.45, 2.75) is 38.7 Å². The molecular weight excluding hydrogens is 216 g/mol. The van der Waals surface area contributed by atoms with Crippen LogP contribution in [0.3, 0.4) is 0 Å². The molecule has 1 aromatic rings. The van der Waals surface area contributed by atoms with Gasteiger partial charge in [0.05, 0.1) is 0 Å². The van der Waals surface area contributed by atoms with Gasteiger partial charge in [-0.25, -0.2) is 0 Å². The molecule has 1 aliphatic rings. The molecule has 2 atom stereocenters. The minimum atomic E-state index is 0.246. The van der Waals surface area contributed by atoms with Crippen molar-refractivity contribution in [1.82, 2.24) is 9.97 Å². The lowest BCUT2D eigenvalue weighted by atomic mass is 9.88. The van der Waals surface area contributed by atoms with Crippen molar-refractivity contribution < 1.29 is 4.74 Å². The van der Waals surface area contributed by atoms with Gasteiger partial charge in [0.25, 0.3) is 0 Å². The number of nitrogen functional groups attached to an aromatic ring is 1. The maximum Gasteiger partial charge on any atom is 0.225 e. The van der Waals surface area contributed by atoms with Crippen LogP contribution >= 0.6 is 0 Å². The number of ether oxygens (including phenoxy) is 1. The van der Waals surface area contributed by atoms with Gasteiger partial charge in [0.1, 0.15) is 11.9 Å². The number of nitrogens with one attached hydrogen (secondary N) is 1. The van der Waals surface area contributed by atoms with Crippen LogP contribution in [0.4, 0.5) is 11.8 Å². The lowest BCUT2D eigenvalue weighted by molar-refractivity contribution is 0.0977. The molecule has 2 rings (SSSR count). The van der Waals surface area contributed by atoms with Crippen LogP contribution < -0.4 is 15.8 Å². The normalized spacial score (nSPS) is 24.4. The van der Waals surface area contributed by atoms with E-state index in [9.17, 15) is 0 Å². The summed E-state index contributed by atoms with van der Waals surface area (Å²) in [6, 6.07) is 1.79. The van der Waals surface area contributed by atoms with Crippen LogP contribution in [0.1, 0.15) is 32.6 Å². The van der Waals surface area contributed by atoms with Gasteiger partial charge < -0.3 is 15.8 Å². The van der Waals surface area contributed by atoms with E-state index in [2.05, 4.69) is 22.2 Å². The molecule has 1 aromatic heterocycles. The van der Waals surface area contributed by atoms with E-state index in [-0.39, 0.29) is 12.1 Å². The Kier molecular flexibility index (Phi) is 3.66. The first-order valence-corrected chi connectivity index (χ1v) is 6.18. The van der Waals surface area contributed by atoms with Crippen LogP contribution in [-0.2, 0) is 0 Å². The average molecular weight is 236 g/mol. The number of aromatic nitrogens is 2. The Morgan fingerprint density at radius 1 is 1.35 bits per heavy atom. The van der Waals surface area contributed by atoms with Gasteiger partial charge in [-0.05, 0) is 25.2 Å². The summed E-state index contributed by atoms with van der Waals surface area (Å²) in [4.78, 5) is 8.15. The fraction of sp³-hybridized carbons (Fsp3) is 0.667. The maximum absolute atomic E-state index is 5.92. The summed E-state index contributed by atoms with van der Waals surface area (Å²) in [6.45, 7) is 2.23. The van der Waals surface area contributed by atoms with E-state index in [1.807, 2.05) is 0 Å². The molecule has 0 saturated heterocycles. The second kappa shape index (κ2) is 5.21. The van der Waals surface area contributed by atoms with Gasteiger partial charge in [0.15, 0.2) is 0 Å². The highest BCUT2D eigenvalue weighted by atomic mass is 16.5. The Morgan fingerprint density at radius 3 is 2.82 bits per heavy atom. The summed E-state index contributed by atoms with van der Waals surface area (Å²) in [6.07, 6.45) is 5.11. The number of hydrogen-bond acceptors (Lipinski definition) is 5. The second-order valence-electron chi connectivity index (χ2n) is 4.62. The standard InChI is InChI=1S/C12H20N4O/c1-8-5-3-4-6-9(8)17-11-7-10(14-2)15-12(13)16-11/h7-9H,3-6H2,1-2H3,(H3,13,14,15,16). The molecule has 2 unspecified atom stereocenters. The van der Waals surface area contributed by atoms with Gasteiger partial charge >= 0.3 is 0 Å². The number of hydrogen-bond donors (Lipinski definition) is 2. The molecule has 1 aliphatic carbocycles. The molecule has 17 heavy (non-hydrogen) atoms. The van der Waals surface area contributed by atoms with Crippen molar-refractivity contribution in [3.63, 3.8) is 0 Å². The van der Waals surface area contributed by atoms with E-state index in [0.717, 1.165) is 6.42 Å². The molecule has 94 valence electrons. The van der Waals surface area contributed by atoms with Crippen LogP contribution in [0, 0.1) is 5.92 Å². The first kappa shape index (κ1) is 12.0. The predicted molar refractivity (Wildman–Crippen MR) is 68.0 cm³/mol. The molecule has 0 radical (unpaired) electrons. The minimum absolute atomic E-state index is 0.246. The number of anilines is 2. The SMILES string of the molecule is CNc1cc(OC2CCCCC2C)nc(N)n1. The van der Waals surface area contributed by atoms with Crippen LogP contribution in [0.5, 0.6) is 5.88 Å². The summed E-state index contributed by atoms with van der Waals surface area (Å²) in [5.41, 5.74) is 5.63. The first-order valence-electron chi connectivity index (χ1n) is 6.18. The Bertz CT molecular complexity index is 383. The van der Waals surface area contributed by atoms with Crippen molar-refractivity contribution in [3.8, 4) is 5.88 Å². The smallest absolute Gasteiger partial charge is 0.225 e. The molecule has 1 heterocycles. The number of rotatable bonds is 3. The third kappa shape index (κ3) is 2.99. The van der Waals surface area contributed by atoms with E-state index >= 15 is 0 Å². The van der Waals surface area contributed by atoms with Crippen molar-refractivity contribution in [2.75, 3.05) is 18.1 Å². The third-order valence-electron chi connectivity index (χ3n) is 3.28. The summed E-state index contributed by atoms with van der Waals surface area (Å²) < 4.78 is 5.92. The molecule has 1 fully saturated rings. The number of nitrogens with two attached hydrogens (primary N) is 1. The average Bonchev–Trinajstić information content (AvgIpc) is 2.31. The quantitative estimate of drug-likeness (QED) is 0.840. The van der Waals surface area contributed by atoms with Crippen molar-refractivity contribution in [1.29, 1.82) is 0 Å². The zero-order valence-corrected chi connectivity index (χ0v) is 10.4. The monoisotopic (exact) mass is 236 g/mol. The van der Waals surface area contributed by atoms with E-state index in [1.54, 1.807) is 13.1 Å². The summed E-state index contributed by atoms with van der Waals surface area (Å²) in [7, 11) is 1.80. The summed E-state index contributed by atoms with van der Waals surface area (Å²) >= 11 is 0. The van der Waals surface area contributed by atoms with E-state index < -0.39 is 0 Å². The molecule has 3 N–H and O–H groups in total. The highest BCUT2D eigenvalue weighted by molar-refractivity contribution is 5.42. The van der Waals surface area contributed by atoms with E-state index in [0.29, 0.717) is 17.6 Å². The van der Waals surface area contributed by atoms with Crippen molar-refractivity contribution in [2.24, 2.45) is 5.92 Å². The molecular formula is C12H20N4O. The van der Waals surface area contributed by atoms with E-state index in [1.165, 1.54) is 19.3 Å². The fourth-order valence-corrected chi connectivity index (χ4v) is 2.24. The Balaban J connectivity index is 2.09. The van der Waals surface area contributed by atoms with Crippen LogP contribution in [0.2, 0.25) is 0 Å². The zero-order valence-electron chi connectivity index (χ0n) is 10.4. The third-order valence-corrected chi connectivity index (χ3v) is 3.28. The Labute approximate surface area is 102 Å². The lowest BCUT2D eigenvalue weighted by Crippen LogP contribution is -2.28. The molecule has 5 heteroatoms. The highest BCUT2D eigenvalue weighted by Crippen LogP contribution is 2.28. The van der Waals surface area contributed by atoms with Gasteiger partial charge in [-0.3, -0.25) is 0 Å². The van der Waals surface area contributed by atoms with Gasteiger partial charge in [0, 0.05) is 13.1 Å². The van der Waals surface area contributed by atoms with Crippen molar-refractivity contribution in [3.05, 3.63) is 6.07 Å². The molecule has 0 amide bonds. The molecule has 0 bridgehead atoms. The Morgan fingerprint density at radius 2 is 2.12 bits per heavy atom. The van der Waals surface area contributed by atoms with Crippen LogP contribution in [0.15, 0.2) is 6.07 Å². The molecule has 1 saturated carbocycles. The number of nitrogens with zero attached hydrogens (tertiary/aromatic N) is 2. The maximum atomic E-state index is 5.92. The first-order chi connectivity index (χ1) is 8.19. The summed E-state index contributed by atoms with van der Waals surface area (Å²) in [5.74, 6) is 2.09. The molecule has 0 aromatic carbocycles. The van der Waals surface area contributed by atoms with Gasteiger partial charge in [-0.15, -0.1) is 0 Å². The van der Waals surface area contributed by atoms with E-state index in [4.69, 9.17) is 10.5 Å². The van der Waals surface area contributed by atoms with Gasteiger partial charge in [-0.1, -0.05) is 13.3 Å². The van der Waals surface area contributed by atoms with Gasteiger partial charge in [0.2, 0.25) is 11.8 Å². The second-order valence-corrected chi connectivity index (χ2v) is 4.62.